The van der Waals surface area contributed by atoms with E-state index in [4.69, 9.17) is 9.47 Å². The van der Waals surface area contributed by atoms with Crippen molar-refractivity contribution < 1.29 is 14.3 Å². The van der Waals surface area contributed by atoms with Crippen molar-refractivity contribution in [2.45, 2.75) is 60.5 Å². The minimum Gasteiger partial charge on any atom is -0.493 e. The molecule has 0 saturated heterocycles. The zero-order valence-corrected chi connectivity index (χ0v) is 18.9. The molecule has 1 amide bonds. The Morgan fingerprint density at radius 3 is 2.45 bits per heavy atom. The van der Waals surface area contributed by atoms with Gasteiger partial charge in [0, 0.05) is 31.7 Å². The maximum absolute atomic E-state index is 12.9. The fourth-order valence-electron chi connectivity index (χ4n) is 3.59. The van der Waals surface area contributed by atoms with E-state index < -0.39 is 0 Å². The lowest BCUT2D eigenvalue weighted by Gasteiger charge is -2.22. The molecule has 0 radical (unpaired) electrons. The Hall–Kier alpha value is -2.50. The number of hydrogen-bond acceptors (Lipinski definition) is 4. The summed E-state index contributed by atoms with van der Waals surface area (Å²) < 4.78 is 12.7. The van der Waals surface area contributed by atoms with E-state index in [0.717, 1.165) is 24.2 Å². The highest BCUT2D eigenvalue weighted by atomic mass is 16.5. The average Bonchev–Trinajstić information content (AvgIpc) is 2.96. The fourth-order valence-corrected chi connectivity index (χ4v) is 3.59. The number of nitrogens with zero attached hydrogens (tertiary/aromatic N) is 3. The first-order valence-electron chi connectivity index (χ1n) is 10.3. The topological polar surface area (TPSA) is 56.6 Å². The van der Waals surface area contributed by atoms with E-state index in [9.17, 15) is 4.79 Å². The van der Waals surface area contributed by atoms with Crippen molar-refractivity contribution in [3.8, 4) is 11.5 Å². The van der Waals surface area contributed by atoms with Crippen LogP contribution < -0.4 is 9.47 Å². The summed E-state index contributed by atoms with van der Waals surface area (Å²) in [7, 11) is 3.24. The largest absolute Gasteiger partial charge is 0.493 e. The number of amides is 1. The second-order valence-electron chi connectivity index (χ2n) is 7.82. The van der Waals surface area contributed by atoms with E-state index >= 15 is 0 Å². The summed E-state index contributed by atoms with van der Waals surface area (Å²) in [5.74, 6) is 2.06. The number of aromatic nitrogens is 2. The molecule has 0 N–H and O–H groups in total. The summed E-state index contributed by atoms with van der Waals surface area (Å²) in [5, 5.41) is 4.66. The minimum absolute atomic E-state index is 0.151. The first-order chi connectivity index (χ1) is 13.8. The monoisotopic (exact) mass is 401 g/mol. The van der Waals surface area contributed by atoms with Gasteiger partial charge in [0.1, 0.15) is 0 Å². The Bertz CT molecular complexity index is 827. The Kier molecular flexibility index (Phi) is 8.11. The van der Waals surface area contributed by atoms with Crippen molar-refractivity contribution in [2.75, 3.05) is 20.8 Å². The number of ether oxygens (including phenoxy) is 2. The molecule has 0 saturated carbocycles. The number of carbonyl (C=O) groups is 1. The highest BCUT2D eigenvalue weighted by Crippen LogP contribution is 2.28. The molecule has 0 unspecified atom stereocenters. The van der Waals surface area contributed by atoms with Crippen molar-refractivity contribution in [2.24, 2.45) is 5.92 Å². The molecule has 29 heavy (non-hydrogen) atoms. The molecule has 160 valence electrons. The van der Waals surface area contributed by atoms with Crippen LogP contribution in [0.5, 0.6) is 11.5 Å². The molecule has 0 aliphatic heterocycles. The number of methoxy groups -OCH3 is 2. The van der Waals surface area contributed by atoms with Gasteiger partial charge in [-0.1, -0.05) is 19.9 Å². The van der Waals surface area contributed by atoms with E-state index in [2.05, 4.69) is 30.6 Å². The van der Waals surface area contributed by atoms with Gasteiger partial charge in [0.05, 0.1) is 19.9 Å². The van der Waals surface area contributed by atoms with Crippen LogP contribution in [-0.2, 0) is 24.3 Å². The van der Waals surface area contributed by atoms with Crippen LogP contribution in [0.1, 0.15) is 49.7 Å². The number of benzene rings is 1. The first kappa shape index (κ1) is 22.8. The predicted octanol–water partition coefficient (Wildman–Crippen LogP) is 4.15. The highest BCUT2D eigenvalue weighted by molar-refractivity contribution is 5.76. The smallest absolute Gasteiger partial charge is 0.223 e. The van der Waals surface area contributed by atoms with E-state index in [-0.39, 0.29) is 5.91 Å². The highest BCUT2D eigenvalue weighted by Gasteiger charge is 2.17. The minimum atomic E-state index is 0.151. The van der Waals surface area contributed by atoms with E-state index in [1.807, 2.05) is 36.9 Å². The zero-order valence-electron chi connectivity index (χ0n) is 18.9. The number of rotatable bonds is 10. The second kappa shape index (κ2) is 10.3. The van der Waals surface area contributed by atoms with Crippen LogP contribution in [0.25, 0.3) is 0 Å². The molecule has 0 fully saturated rings. The lowest BCUT2D eigenvalue weighted by molar-refractivity contribution is -0.131. The Labute approximate surface area is 174 Å². The Morgan fingerprint density at radius 2 is 1.86 bits per heavy atom. The molecule has 0 atom stereocenters. The van der Waals surface area contributed by atoms with E-state index in [1.54, 1.807) is 14.2 Å². The molecule has 0 bridgehead atoms. The first-order valence-corrected chi connectivity index (χ1v) is 10.3. The van der Waals surface area contributed by atoms with Crippen molar-refractivity contribution in [1.29, 1.82) is 0 Å². The summed E-state index contributed by atoms with van der Waals surface area (Å²) in [5.41, 5.74) is 4.42. The summed E-state index contributed by atoms with van der Waals surface area (Å²) in [6, 6.07) is 5.78. The lowest BCUT2D eigenvalue weighted by atomic mass is 10.1. The predicted molar refractivity (Wildman–Crippen MR) is 115 cm³/mol. The third-order valence-corrected chi connectivity index (χ3v) is 5.21. The molecular weight excluding hydrogens is 366 g/mol. The second-order valence-corrected chi connectivity index (χ2v) is 7.82. The van der Waals surface area contributed by atoms with Gasteiger partial charge in [0.15, 0.2) is 11.5 Å². The molecular formula is C23H35N3O3. The summed E-state index contributed by atoms with van der Waals surface area (Å²) in [6.07, 6.45) is 1.20. The van der Waals surface area contributed by atoms with Crippen LogP contribution in [0.15, 0.2) is 18.2 Å². The quantitative estimate of drug-likeness (QED) is 0.600. The SMILES string of the molecule is CCN(Cc1ccc(OC)c(OC)c1)C(=O)CCc1c(C)nn(CC(C)C)c1C. The summed E-state index contributed by atoms with van der Waals surface area (Å²) in [6.45, 7) is 12.6. The number of carbonyl (C=O) groups excluding carboxylic acids is 1. The van der Waals surface area contributed by atoms with Gasteiger partial charge in [-0.2, -0.15) is 5.10 Å². The molecule has 1 aromatic heterocycles. The fraction of sp³-hybridized carbons (Fsp3) is 0.565. The van der Waals surface area contributed by atoms with Crippen LogP contribution >= 0.6 is 0 Å². The normalized spacial score (nSPS) is 11.0. The van der Waals surface area contributed by atoms with Crippen molar-refractivity contribution in [3.63, 3.8) is 0 Å². The van der Waals surface area contributed by atoms with Crippen molar-refractivity contribution in [1.82, 2.24) is 14.7 Å². The van der Waals surface area contributed by atoms with E-state index in [1.165, 1.54) is 11.3 Å². The van der Waals surface area contributed by atoms with Crippen LogP contribution in [0.2, 0.25) is 0 Å². The molecule has 6 nitrogen and oxygen atoms in total. The summed E-state index contributed by atoms with van der Waals surface area (Å²) in [4.78, 5) is 14.8. The van der Waals surface area contributed by atoms with Gasteiger partial charge in [-0.25, -0.2) is 0 Å². The third kappa shape index (κ3) is 5.75. The van der Waals surface area contributed by atoms with Gasteiger partial charge in [0.2, 0.25) is 5.91 Å². The van der Waals surface area contributed by atoms with Gasteiger partial charge >= 0.3 is 0 Å². The molecule has 2 rings (SSSR count). The molecule has 1 aromatic carbocycles. The van der Waals surface area contributed by atoms with Gasteiger partial charge in [-0.15, -0.1) is 0 Å². The molecule has 0 spiro atoms. The Balaban J connectivity index is 2.05. The maximum atomic E-state index is 12.9. The van der Waals surface area contributed by atoms with Crippen LogP contribution in [0.4, 0.5) is 0 Å². The van der Waals surface area contributed by atoms with Gasteiger partial charge in [0.25, 0.3) is 0 Å². The lowest BCUT2D eigenvalue weighted by Crippen LogP contribution is -2.30. The third-order valence-electron chi connectivity index (χ3n) is 5.21. The van der Waals surface area contributed by atoms with Crippen LogP contribution in [0.3, 0.4) is 0 Å². The number of aryl methyl sites for hydroxylation is 1. The molecule has 2 aromatic rings. The van der Waals surface area contributed by atoms with Gasteiger partial charge < -0.3 is 14.4 Å². The van der Waals surface area contributed by atoms with Crippen molar-refractivity contribution >= 4 is 5.91 Å². The molecule has 6 heteroatoms. The maximum Gasteiger partial charge on any atom is 0.223 e. The van der Waals surface area contributed by atoms with E-state index in [0.29, 0.717) is 36.9 Å². The number of hydrogen-bond donors (Lipinski definition) is 0. The zero-order chi connectivity index (χ0) is 21.6. The van der Waals surface area contributed by atoms with Crippen LogP contribution in [-0.4, -0.2) is 41.4 Å². The van der Waals surface area contributed by atoms with Crippen LogP contribution in [0, 0.1) is 19.8 Å². The van der Waals surface area contributed by atoms with Gasteiger partial charge in [-0.05, 0) is 56.4 Å². The molecule has 0 aliphatic carbocycles. The standard InChI is InChI=1S/C23H35N3O3/c1-8-25(15-19-9-11-21(28-6)22(13-19)29-7)23(27)12-10-20-17(4)24-26(18(20)5)14-16(2)3/h9,11,13,16H,8,10,12,14-15H2,1-7H3. The Morgan fingerprint density at radius 1 is 1.17 bits per heavy atom. The molecule has 1 heterocycles. The molecule has 0 aliphatic rings. The van der Waals surface area contributed by atoms with Crippen molar-refractivity contribution in [3.05, 3.63) is 40.7 Å². The van der Waals surface area contributed by atoms with Gasteiger partial charge in [-0.3, -0.25) is 9.48 Å². The summed E-state index contributed by atoms with van der Waals surface area (Å²) >= 11 is 0. The average molecular weight is 402 g/mol.